The van der Waals surface area contributed by atoms with E-state index in [0.717, 1.165) is 0 Å². The zero-order chi connectivity index (χ0) is 10.7. The van der Waals surface area contributed by atoms with Crippen LogP contribution < -0.4 is 10.9 Å². The van der Waals surface area contributed by atoms with Crippen molar-refractivity contribution in [1.82, 2.24) is 9.97 Å². The zero-order valence-electron chi connectivity index (χ0n) is 7.56. The van der Waals surface area contributed by atoms with Crippen molar-refractivity contribution in [2.24, 2.45) is 0 Å². The van der Waals surface area contributed by atoms with Crippen LogP contribution in [-0.2, 0) is 0 Å². The summed E-state index contributed by atoms with van der Waals surface area (Å²) in [6.45, 7) is 0. The predicted octanol–water partition coefficient (Wildman–Crippen LogP) is 1.08. The average molecular weight is 221 g/mol. The van der Waals surface area contributed by atoms with Crippen LogP contribution in [0.2, 0.25) is 0 Å². The minimum absolute atomic E-state index is 0.304. The van der Waals surface area contributed by atoms with E-state index in [-0.39, 0.29) is 11.5 Å². The van der Waals surface area contributed by atoms with Crippen molar-refractivity contribution in [2.45, 2.75) is 0 Å². The second kappa shape index (κ2) is 4.05. The fourth-order valence-corrected chi connectivity index (χ4v) is 1.56. The van der Waals surface area contributed by atoms with Gasteiger partial charge in [0.1, 0.15) is 0 Å². The molecule has 0 saturated heterocycles. The number of carbonyl (C=O) groups excluding carboxylic acids is 1. The number of aromatic amines is 1. The molecule has 0 aliphatic rings. The normalized spacial score (nSPS) is 9.87. The van der Waals surface area contributed by atoms with Crippen LogP contribution in [0.25, 0.3) is 0 Å². The Bertz CT molecular complexity index is 518. The molecule has 76 valence electrons. The third-order valence-corrected chi connectivity index (χ3v) is 2.38. The average Bonchev–Trinajstić information content (AvgIpc) is 2.70. The van der Waals surface area contributed by atoms with Gasteiger partial charge in [0.25, 0.3) is 5.91 Å². The number of pyridine rings is 1. The molecule has 0 atom stereocenters. The van der Waals surface area contributed by atoms with E-state index in [2.05, 4.69) is 15.3 Å². The van der Waals surface area contributed by atoms with Crippen molar-refractivity contribution in [1.29, 1.82) is 0 Å². The van der Waals surface area contributed by atoms with E-state index in [1.807, 2.05) is 0 Å². The number of carbonyl (C=O) groups is 1. The molecule has 1 amide bonds. The van der Waals surface area contributed by atoms with Gasteiger partial charge in [-0.25, -0.2) is 4.98 Å². The summed E-state index contributed by atoms with van der Waals surface area (Å²) in [4.78, 5) is 28.9. The number of aromatic nitrogens is 2. The highest BCUT2D eigenvalue weighted by Gasteiger charge is 2.07. The molecule has 2 heterocycles. The Balaban J connectivity index is 2.18. The molecule has 0 bridgehead atoms. The minimum atomic E-state index is -0.337. The molecular formula is C9H7N3O2S. The highest BCUT2D eigenvalue weighted by molar-refractivity contribution is 7.13. The van der Waals surface area contributed by atoms with Crippen molar-refractivity contribution < 1.29 is 4.79 Å². The number of nitrogens with zero attached hydrogens (tertiary/aromatic N) is 1. The molecule has 0 saturated carbocycles. The number of thiazole rings is 1. The van der Waals surface area contributed by atoms with Crippen molar-refractivity contribution in [3.8, 4) is 0 Å². The van der Waals surface area contributed by atoms with E-state index < -0.39 is 0 Å². The lowest BCUT2D eigenvalue weighted by atomic mass is 10.2. The molecule has 5 nitrogen and oxygen atoms in total. The Kier molecular flexibility index (Phi) is 2.59. The summed E-state index contributed by atoms with van der Waals surface area (Å²) in [6, 6.07) is 2.77. The predicted molar refractivity (Wildman–Crippen MR) is 57.1 cm³/mol. The monoisotopic (exact) mass is 221 g/mol. The maximum absolute atomic E-state index is 11.6. The summed E-state index contributed by atoms with van der Waals surface area (Å²) < 4.78 is 0. The molecule has 15 heavy (non-hydrogen) atoms. The second-order valence-electron chi connectivity index (χ2n) is 2.73. The zero-order valence-corrected chi connectivity index (χ0v) is 8.38. The van der Waals surface area contributed by atoms with Crippen LogP contribution >= 0.6 is 11.3 Å². The highest BCUT2D eigenvalue weighted by Crippen LogP contribution is 2.11. The number of nitrogens with one attached hydrogen (secondary N) is 2. The highest BCUT2D eigenvalue weighted by atomic mass is 32.1. The van der Waals surface area contributed by atoms with Gasteiger partial charge in [0, 0.05) is 29.4 Å². The van der Waals surface area contributed by atoms with Gasteiger partial charge in [-0.05, 0) is 6.07 Å². The molecule has 0 aliphatic heterocycles. The van der Waals surface area contributed by atoms with Gasteiger partial charge in [-0.1, -0.05) is 0 Å². The molecule has 6 heteroatoms. The first-order chi connectivity index (χ1) is 7.25. The maximum Gasteiger partial charge on any atom is 0.257 e. The van der Waals surface area contributed by atoms with Crippen LogP contribution in [0.3, 0.4) is 0 Å². The first-order valence-electron chi connectivity index (χ1n) is 4.15. The molecule has 0 aliphatic carbocycles. The molecule has 2 aromatic heterocycles. The van der Waals surface area contributed by atoms with E-state index in [4.69, 9.17) is 0 Å². The molecular weight excluding hydrogens is 214 g/mol. The first kappa shape index (κ1) is 9.60. The molecule has 2 aromatic rings. The third-order valence-electron chi connectivity index (χ3n) is 1.69. The second-order valence-corrected chi connectivity index (χ2v) is 3.63. The van der Waals surface area contributed by atoms with Crippen LogP contribution in [0.5, 0.6) is 0 Å². The summed E-state index contributed by atoms with van der Waals surface area (Å²) in [5.74, 6) is -0.337. The number of rotatable bonds is 2. The quantitative estimate of drug-likeness (QED) is 0.796. The van der Waals surface area contributed by atoms with Crippen LogP contribution in [-0.4, -0.2) is 15.9 Å². The Labute approximate surface area is 88.8 Å². The number of hydrogen-bond donors (Lipinski definition) is 2. The van der Waals surface area contributed by atoms with Gasteiger partial charge in [-0.3, -0.25) is 14.9 Å². The van der Waals surface area contributed by atoms with Crippen molar-refractivity contribution >= 4 is 22.4 Å². The lowest BCUT2D eigenvalue weighted by Crippen LogP contribution is -2.15. The standard InChI is InChI=1S/C9H7N3O2S/c13-7-5-6(1-2-10-7)8(14)12-9-11-3-4-15-9/h1-5H,(H,10,13)(H,11,12,14). The fraction of sp³-hybridized carbons (Fsp3) is 0. The Morgan fingerprint density at radius 1 is 1.53 bits per heavy atom. The van der Waals surface area contributed by atoms with Crippen molar-refractivity contribution in [3.63, 3.8) is 0 Å². The summed E-state index contributed by atoms with van der Waals surface area (Å²) in [6.07, 6.45) is 3.02. The molecule has 0 radical (unpaired) electrons. The third kappa shape index (κ3) is 2.29. The largest absolute Gasteiger partial charge is 0.329 e. The molecule has 0 unspecified atom stereocenters. The van der Waals surface area contributed by atoms with E-state index in [1.54, 1.807) is 11.6 Å². The van der Waals surface area contributed by atoms with Crippen LogP contribution in [0.4, 0.5) is 5.13 Å². The van der Waals surface area contributed by atoms with Crippen LogP contribution in [0.15, 0.2) is 34.7 Å². The van der Waals surface area contributed by atoms with Gasteiger partial charge < -0.3 is 4.98 Å². The molecule has 0 aromatic carbocycles. The van der Waals surface area contributed by atoms with E-state index >= 15 is 0 Å². The first-order valence-corrected chi connectivity index (χ1v) is 5.03. The van der Waals surface area contributed by atoms with E-state index in [1.165, 1.54) is 29.7 Å². The van der Waals surface area contributed by atoms with Crippen molar-refractivity contribution in [3.05, 3.63) is 45.8 Å². The lowest BCUT2D eigenvalue weighted by molar-refractivity contribution is 0.102. The lowest BCUT2D eigenvalue weighted by Gasteiger charge is -1.99. The van der Waals surface area contributed by atoms with E-state index in [9.17, 15) is 9.59 Å². The molecule has 0 spiro atoms. The summed E-state index contributed by atoms with van der Waals surface area (Å²) in [7, 11) is 0. The smallest absolute Gasteiger partial charge is 0.257 e. The van der Waals surface area contributed by atoms with Gasteiger partial charge in [-0.15, -0.1) is 11.3 Å². The Morgan fingerprint density at radius 2 is 2.40 bits per heavy atom. The van der Waals surface area contributed by atoms with E-state index in [0.29, 0.717) is 10.7 Å². The maximum atomic E-state index is 11.6. The van der Waals surface area contributed by atoms with Gasteiger partial charge in [0.15, 0.2) is 5.13 Å². The van der Waals surface area contributed by atoms with Crippen molar-refractivity contribution in [2.75, 3.05) is 5.32 Å². The Morgan fingerprint density at radius 3 is 3.07 bits per heavy atom. The Hall–Kier alpha value is -1.95. The SMILES string of the molecule is O=C(Nc1nccs1)c1cc[nH]c(=O)c1. The topological polar surface area (TPSA) is 74.8 Å². The summed E-state index contributed by atoms with van der Waals surface area (Å²) >= 11 is 1.32. The number of hydrogen-bond acceptors (Lipinski definition) is 4. The van der Waals surface area contributed by atoms with Gasteiger partial charge in [0.05, 0.1) is 0 Å². The summed E-state index contributed by atoms with van der Waals surface area (Å²) in [5.41, 5.74) is 0.00994. The van der Waals surface area contributed by atoms with Gasteiger partial charge >= 0.3 is 0 Å². The molecule has 2 rings (SSSR count). The fourth-order valence-electron chi connectivity index (χ4n) is 1.04. The van der Waals surface area contributed by atoms with Gasteiger partial charge in [0.2, 0.25) is 5.56 Å². The molecule has 0 fully saturated rings. The summed E-state index contributed by atoms with van der Waals surface area (Å²) in [5, 5.41) is 4.85. The molecule has 2 N–H and O–H groups in total. The number of anilines is 1. The van der Waals surface area contributed by atoms with Gasteiger partial charge in [-0.2, -0.15) is 0 Å². The number of amides is 1. The van der Waals surface area contributed by atoms with Crippen LogP contribution in [0, 0.1) is 0 Å². The number of H-pyrrole nitrogens is 1. The van der Waals surface area contributed by atoms with Crippen LogP contribution in [0.1, 0.15) is 10.4 Å². The minimum Gasteiger partial charge on any atom is -0.329 e.